The summed E-state index contributed by atoms with van der Waals surface area (Å²) in [6.07, 6.45) is 6.26. The number of hydrogen-bond donors (Lipinski definition) is 0. The molecule has 1 aliphatic heterocycles. The number of carbonyl (C=O) groups excluding carboxylic acids is 1. The van der Waals surface area contributed by atoms with Crippen LogP contribution >= 0.6 is 0 Å². The molecule has 0 radical (unpaired) electrons. The Morgan fingerprint density at radius 2 is 1.72 bits per heavy atom. The molecule has 0 N–H and O–H groups in total. The molecule has 0 atom stereocenters. The van der Waals surface area contributed by atoms with Gasteiger partial charge in [-0.1, -0.05) is 24.3 Å². The first-order chi connectivity index (χ1) is 14.3. The zero-order valence-electron chi connectivity index (χ0n) is 16.3. The van der Waals surface area contributed by atoms with E-state index >= 15 is 0 Å². The summed E-state index contributed by atoms with van der Waals surface area (Å²) in [5.41, 5.74) is 1.92. The van der Waals surface area contributed by atoms with Gasteiger partial charge in [-0.25, -0.2) is 4.79 Å². The van der Waals surface area contributed by atoms with Crippen molar-refractivity contribution in [3.8, 4) is 5.75 Å². The number of carbonyl (C=O) groups is 1. The third-order valence-corrected chi connectivity index (χ3v) is 5.00. The fourth-order valence-electron chi connectivity index (χ4n) is 3.45. The van der Waals surface area contributed by atoms with Crippen LogP contribution in [0.25, 0.3) is 10.8 Å². The van der Waals surface area contributed by atoms with E-state index in [-0.39, 0.29) is 6.61 Å². The zero-order valence-corrected chi connectivity index (χ0v) is 16.3. The van der Waals surface area contributed by atoms with Crippen molar-refractivity contribution in [1.29, 1.82) is 0 Å². The van der Waals surface area contributed by atoms with Crippen LogP contribution < -0.4 is 4.74 Å². The summed E-state index contributed by atoms with van der Waals surface area (Å²) in [6, 6.07) is 15.8. The number of ether oxygens (including phenoxy) is 1. The number of benzene rings is 2. The second-order valence-corrected chi connectivity index (χ2v) is 7.12. The maximum Gasteiger partial charge on any atom is 0.441 e. The highest BCUT2D eigenvalue weighted by Crippen LogP contribution is 2.29. The minimum atomic E-state index is -0.417. The van der Waals surface area contributed by atoms with Gasteiger partial charge in [-0.05, 0) is 60.0 Å². The Morgan fingerprint density at radius 1 is 0.931 bits per heavy atom. The lowest BCUT2D eigenvalue weighted by molar-refractivity contribution is -0.255. The van der Waals surface area contributed by atoms with Crippen molar-refractivity contribution in [2.24, 2.45) is 0 Å². The Balaban J connectivity index is 1.42. The first-order valence-electron chi connectivity index (χ1n) is 9.91. The minimum absolute atomic E-state index is 0.163. The van der Waals surface area contributed by atoms with Gasteiger partial charge in [0.15, 0.2) is 0 Å². The first kappa shape index (κ1) is 19.2. The van der Waals surface area contributed by atoms with Crippen LogP contribution in [0.2, 0.25) is 0 Å². The molecule has 6 nitrogen and oxygen atoms in total. The normalized spacial score (nSPS) is 14.0. The van der Waals surface area contributed by atoms with E-state index in [4.69, 9.17) is 14.5 Å². The van der Waals surface area contributed by atoms with E-state index in [0.717, 1.165) is 60.0 Å². The molecular weight excluding hydrogens is 368 g/mol. The Morgan fingerprint density at radius 3 is 2.55 bits per heavy atom. The molecule has 1 aliphatic rings. The SMILES string of the molecule is O=C(OOCc1cc(OCc2ccncc2)c2ccccc2c1)N1CCCCC1. The molecule has 3 aromatic rings. The highest BCUT2D eigenvalue weighted by Gasteiger charge is 2.18. The van der Waals surface area contributed by atoms with Gasteiger partial charge in [-0.3, -0.25) is 9.87 Å². The lowest BCUT2D eigenvalue weighted by Crippen LogP contribution is -2.36. The van der Waals surface area contributed by atoms with Crippen molar-refractivity contribution in [2.75, 3.05) is 13.1 Å². The number of fused-ring (bicyclic) bond motifs is 1. The molecule has 0 unspecified atom stereocenters. The van der Waals surface area contributed by atoms with Crippen LogP contribution in [0.3, 0.4) is 0 Å². The van der Waals surface area contributed by atoms with Crippen LogP contribution in [0.1, 0.15) is 30.4 Å². The van der Waals surface area contributed by atoms with Crippen molar-refractivity contribution in [3.63, 3.8) is 0 Å². The predicted molar refractivity (Wildman–Crippen MR) is 109 cm³/mol. The van der Waals surface area contributed by atoms with Crippen LogP contribution in [0.5, 0.6) is 5.75 Å². The summed E-state index contributed by atoms with van der Waals surface area (Å²) in [5, 5.41) is 2.07. The lowest BCUT2D eigenvalue weighted by Gasteiger charge is -2.24. The predicted octanol–water partition coefficient (Wildman–Crippen LogP) is 4.87. The summed E-state index contributed by atoms with van der Waals surface area (Å²) in [7, 11) is 0. The first-order valence-corrected chi connectivity index (χ1v) is 9.91. The maximum absolute atomic E-state index is 12.1. The molecule has 2 aromatic carbocycles. The molecule has 2 heterocycles. The molecule has 0 spiro atoms. The largest absolute Gasteiger partial charge is 0.488 e. The molecule has 0 bridgehead atoms. The van der Waals surface area contributed by atoms with Crippen LogP contribution in [0.15, 0.2) is 60.9 Å². The van der Waals surface area contributed by atoms with E-state index in [1.165, 1.54) is 0 Å². The van der Waals surface area contributed by atoms with E-state index in [1.54, 1.807) is 17.3 Å². The minimum Gasteiger partial charge on any atom is -0.488 e. The topological polar surface area (TPSA) is 60.9 Å². The van der Waals surface area contributed by atoms with E-state index < -0.39 is 6.09 Å². The zero-order chi connectivity index (χ0) is 19.9. The molecule has 150 valence electrons. The molecule has 1 saturated heterocycles. The Kier molecular flexibility index (Phi) is 6.22. The van der Waals surface area contributed by atoms with E-state index in [0.29, 0.717) is 6.61 Å². The fraction of sp³-hybridized carbons (Fsp3) is 0.304. The third kappa shape index (κ3) is 5.03. The second-order valence-electron chi connectivity index (χ2n) is 7.12. The molecule has 29 heavy (non-hydrogen) atoms. The number of nitrogens with zero attached hydrogens (tertiary/aromatic N) is 2. The van der Waals surface area contributed by atoms with Crippen molar-refractivity contribution in [2.45, 2.75) is 32.5 Å². The summed E-state index contributed by atoms with van der Waals surface area (Å²) in [6.45, 7) is 2.06. The molecule has 1 fully saturated rings. The molecular formula is C23H24N2O4. The van der Waals surface area contributed by atoms with Gasteiger partial charge in [-0.15, -0.1) is 0 Å². The molecule has 1 amide bonds. The van der Waals surface area contributed by atoms with Crippen LogP contribution in [0, 0.1) is 0 Å². The monoisotopic (exact) mass is 392 g/mol. The van der Waals surface area contributed by atoms with Gasteiger partial charge in [-0.2, -0.15) is 4.89 Å². The van der Waals surface area contributed by atoms with Crippen LogP contribution in [-0.4, -0.2) is 29.1 Å². The number of pyridine rings is 1. The Labute approximate surface area is 169 Å². The number of aromatic nitrogens is 1. The van der Waals surface area contributed by atoms with Gasteiger partial charge in [0.2, 0.25) is 0 Å². The molecule has 0 saturated carbocycles. The number of amides is 1. The molecule has 0 aliphatic carbocycles. The van der Waals surface area contributed by atoms with Crippen molar-refractivity contribution in [3.05, 3.63) is 72.1 Å². The van der Waals surface area contributed by atoms with Gasteiger partial charge in [0, 0.05) is 30.9 Å². The number of likely N-dealkylation sites (tertiary alicyclic amines) is 1. The summed E-state index contributed by atoms with van der Waals surface area (Å²) in [4.78, 5) is 28.0. The van der Waals surface area contributed by atoms with Gasteiger partial charge in [0.05, 0.1) is 0 Å². The summed E-state index contributed by atoms with van der Waals surface area (Å²) >= 11 is 0. The average Bonchev–Trinajstić information content (AvgIpc) is 2.78. The second kappa shape index (κ2) is 9.39. The fourth-order valence-corrected chi connectivity index (χ4v) is 3.45. The maximum atomic E-state index is 12.1. The van der Waals surface area contributed by atoms with E-state index in [2.05, 4.69) is 4.98 Å². The Bertz CT molecular complexity index is 956. The average molecular weight is 392 g/mol. The number of piperidine rings is 1. The smallest absolute Gasteiger partial charge is 0.441 e. The lowest BCUT2D eigenvalue weighted by atomic mass is 10.1. The van der Waals surface area contributed by atoms with Crippen LogP contribution in [0.4, 0.5) is 4.79 Å². The highest BCUT2D eigenvalue weighted by atomic mass is 17.2. The Hall–Kier alpha value is -3.12. The van der Waals surface area contributed by atoms with Crippen LogP contribution in [-0.2, 0) is 23.0 Å². The standard InChI is InChI=1S/C23H24N2O4/c26-23(25-12-4-1-5-13-25)29-28-17-19-14-20-6-2-3-7-21(20)22(15-19)27-16-18-8-10-24-11-9-18/h2-3,6-11,14-15H,1,4-5,12-13,16-17H2. The van der Waals surface area contributed by atoms with Gasteiger partial charge >= 0.3 is 6.09 Å². The molecule has 4 rings (SSSR count). The van der Waals surface area contributed by atoms with Crippen molar-refractivity contribution >= 4 is 16.9 Å². The van der Waals surface area contributed by atoms with Gasteiger partial charge < -0.3 is 9.64 Å². The van der Waals surface area contributed by atoms with E-state index in [1.807, 2.05) is 48.5 Å². The van der Waals surface area contributed by atoms with Gasteiger partial charge in [0.25, 0.3) is 0 Å². The summed E-state index contributed by atoms with van der Waals surface area (Å²) in [5.74, 6) is 0.765. The molecule has 1 aromatic heterocycles. The quantitative estimate of drug-likeness (QED) is 0.442. The number of hydrogen-bond acceptors (Lipinski definition) is 5. The highest BCUT2D eigenvalue weighted by molar-refractivity contribution is 5.89. The summed E-state index contributed by atoms with van der Waals surface area (Å²) < 4.78 is 6.07. The van der Waals surface area contributed by atoms with Crippen molar-refractivity contribution < 1.29 is 19.3 Å². The third-order valence-electron chi connectivity index (χ3n) is 5.00. The molecule has 6 heteroatoms. The van der Waals surface area contributed by atoms with E-state index in [9.17, 15) is 4.79 Å². The van der Waals surface area contributed by atoms with Crippen molar-refractivity contribution in [1.82, 2.24) is 9.88 Å². The van der Waals surface area contributed by atoms with Gasteiger partial charge in [0.1, 0.15) is 19.0 Å². The number of rotatable bonds is 6.